The van der Waals surface area contributed by atoms with Gasteiger partial charge in [0.15, 0.2) is 0 Å². The summed E-state index contributed by atoms with van der Waals surface area (Å²) in [6.45, 7) is 2.61. The molecule has 29 heavy (non-hydrogen) atoms. The Balaban J connectivity index is 1.22. The van der Waals surface area contributed by atoms with Gasteiger partial charge in [-0.15, -0.1) is 0 Å². The fourth-order valence-corrected chi connectivity index (χ4v) is 4.22. The van der Waals surface area contributed by atoms with Crippen LogP contribution in [0.3, 0.4) is 0 Å². The lowest BCUT2D eigenvalue weighted by Gasteiger charge is -2.35. The first kappa shape index (κ1) is 20.2. The molecule has 3 N–H and O–H groups in total. The predicted octanol–water partition coefficient (Wildman–Crippen LogP) is 2.88. The average molecular weight is 418 g/mol. The lowest BCUT2D eigenvalue weighted by atomic mass is 9.95. The van der Waals surface area contributed by atoms with E-state index >= 15 is 0 Å². The highest BCUT2D eigenvalue weighted by molar-refractivity contribution is 6.31. The van der Waals surface area contributed by atoms with Crippen LogP contribution >= 0.6 is 11.6 Å². The predicted molar refractivity (Wildman–Crippen MR) is 110 cm³/mol. The summed E-state index contributed by atoms with van der Waals surface area (Å²) in [5, 5.41) is 2.92. The highest BCUT2D eigenvalue weighted by atomic mass is 35.5. The molecular weight excluding hydrogens is 393 g/mol. The Morgan fingerprint density at radius 1 is 1.21 bits per heavy atom. The Morgan fingerprint density at radius 3 is 2.69 bits per heavy atom. The Kier molecular flexibility index (Phi) is 6.40. The number of pyridine rings is 1. The van der Waals surface area contributed by atoms with Crippen LogP contribution in [-0.2, 0) is 0 Å². The number of nitrogens with zero attached hydrogens (tertiary/aromatic N) is 2. The fourth-order valence-electron chi connectivity index (χ4n) is 4.04. The third kappa shape index (κ3) is 4.93. The molecule has 4 rings (SSSR count). The molecule has 2 aliphatic rings. The van der Waals surface area contributed by atoms with Crippen LogP contribution in [0.15, 0.2) is 42.7 Å². The Bertz CT molecular complexity index is 844. The van der Waals surface area contributed by atoms with Gasteiger partial charge in [-0.2, -0.15) is 0 Å². The number of carbonyl (C=O) groups excluding carboxylic acids is 1. The molecule has 0 bridgehead atoms. The number of piperidine rings is 1. The van der Waals surface area contributed by atoms with Crippen LogP contribution in [0.25, 0.3) is 0 Å². The Morgan fingerprint density at radius 2 is 1.97 bits per heavy atom. The number of aromatic nitrogens is 1. The molecule has 1 aromatic heterocycles. The van der Waals surface area contributed by atoms with Gasteiger partial charge in [0.25, 0.3) is 5.91 Å². The number of hydrogen-bond donors (Lipinski definition) is 3. The van der Waals surface area contributed by atoms with E-state index in [1.165, 1.54) is 23.8 Å². The van der Waals surface area contributed by atoms with Gasteiger partial charge in [-0.05, 0) is 74.2 Å². The zero-order valence-corrected chi connectivity index (χ0v) is 16.8. The fraction of sp³-hybridized carbons (Fsp3) is 0.429. The molecule has 0 radical (unpaired) electrons. The number of benzene rings is 1. The first-order valence-electron chi connectivity index (χ1n) is 9.98. The van der Waals surface area contributed by atoms with Crippen molar-refractivity contribution in [1.82, 2.24) is 26.1 Å². The van der Waals surface area contributed by atoms with Gasteiger partial charge < -0.3 is 5.32 Å². The molecule has 2 fully saturated rings. The summed E-state index contributed by atoms with van der Waals surface area (Å²) in [6.07, 6.45) is 7.03. The zero-order chi connectivity index (χ0) is 20.2. The molecule has 1 aromatic carbocycles. The maximum absolute atomic E-state index is 13.2. The molecule has 0 aliphatic carbocycles. The minimum atomic E-state index is -0.517. The number of hydrogen-bond acceptors (Lipinski definition) is 5. The molecule has 3 heterocycles. The van der Waals surface area contributed by atoms with Gasteiger partial charge >= 0.3 is 0 Å². The number of likely N-dealkylation sites (tertiary alicyclic amines) is 1. The van der Waals surface area contributed by atoms with Crippen LogP contribution in [0.4, 0.5) is 4.39 Å². The first-order chi connectivity index (χ1) is 14.1. The SMILES string of the molecule is O=C(NCC1CCN(C2CC(c3ccncc3)NN2)CC1)c1ccc(F)c(Cl)c1. The molecular formula is C21H25ClFN5O. The second-order valence-corrected chi connectivity index (χ2v) is 8.10. The lowest BCUT2D eigenvalue weighted by molar-refractivity contribution is 0.0914. The van der Waals surface area contributed by atoms with Gasteiger partial charge in [-0.25, -0.2) is 15.2 Å². The van der Waals surface area contributed by atoms with Gasteiger partial charge in [0.1, 0.15) is 5.82 Å². The summed E-state index contributed by atoms with van der Waals surface area (Å²) in [5.74, 6) is -0.288. The van der Waals surface area contributed by atoms with Crippen molar-refractivity contribution in [3.05, 3.63) is 64.7 Å². The number of carbonyl (C=O) groups is 1. The third-order valence-corrected chi connectivity index (χ3v) is 6.10. The average Bonchev–Trinajstić information content (AvgIpc) is 3.25. The quantitative estimate of drug-likeness (QED) is 0.698. The molecule has 2 unspecified atom stereocenters. The molecule has 0 spiro atoms. The minimum Gasteiger partial charge on any atom is -0.352 e. The summed E-state index contributed by atoms with van der Waals surface area (Å²) < 4.78 is 13.2. The van der Waals surface area contributed by atoms with E-state index in [0.29, 0.717) is 30.2 Å². The minimum absolute atomic E-state index is 0.0336. The first-order valence-corrected chi connectivity index (χ1v) is 10.4. The second-order valence-electron chi connectivity index (χ2n) is 7.69. The van der Waals surface area contributed by atoms with Crippen molar-refractivity contribution in [1.29, 1.82) is 0 Å². The second kappa shape index (κ2) is 9.17. The summed E-state index contributed by atoms with van der Waals surface area (Å²) in [6, 6.07) is 8.43. The van der Waals surface area contributed by atoms with Crippen LogP contribution in [-0.4, -0.2) is 41.6 Å². The largest absolute Gasteiger partial charge is 0.352 e. The van der Waals surface area contributed by atoms with Crippen molar-refractivity contribution in [2.45, 2.75) is 31.5 Å². The normalized spacial score (nSPS) is 23.2. The third-order valence-electron chi connectivity index (χ3n) is 5.81. The Labute approximate surface area is 174 Å². The van der Waals surface area contributed by atoms with E-state index in [-0.39, 0.29) is 10.9 Å². The van der Waals surface area contributed by atoms with Gasteiger partial charge in [0.05, 0.1) is 11.2 Å². The summed E-state index contributed by atoms with van der Waals surface area (Å²) in [4.78, 5) is 18.8. The van der Waals surface area contributed by atoms with E-state index < -0.39 is 5.82 Å². The van der Waals surface area contributed by atoms with Crippen molar-refractivity contribution in [3.63, 3.8) is 0 Å². The Hall–Kier alpha value is -2.06. The number of hydrazine groups is 1. The molecule has 0 saturated carbocycles. The number of amides is 1. The van der Waals surface area contributed by atoms with E-state index in [4.69, 9.17) is 11.6 Å². The molecule has 6 nitrogen and oxygen atoms in total. The van der Waals surface area contributed by atoms with Crippen LogP contribution < -0.4 is 16.2 Å². The van der Waals surface area contributed by atoms with Crippen LogP contribution in [0.1, 0.15) is 41.2 Å². The van der Waals surface area contributed by atoms with Crippen LogP contribution in [0.2, 0.25) is 5.02 Å². The van der Waals surface area contributed by atoms with Crippen LogP contribution in [0.5, 0.6) is 0 Å². The molecule has 8 heteroatoms. The molecule has 1 amide bonds. The summed E-state index contributed by atoms with van der Waals surface area (Å²) in [7, 11) is 0. The highest BCUT2D eigenvalue weighted by Gasteiger charge is 2.31. The molecule has 2 aromatic rings. The van der Waals surface area contributed by atoms with Crippen molar-refractivity contribution in [2.24, 2.45) is 5.92 Å². The van der Waals surface area contributed by atoms with E-state index in [1.807, 2.05) is 24.5 Å². The highest BCUT2D eigenvalue weighted by Crippen LogP contribution is 2.26. The van der Waals surface area contributed by atoms with Gasteiger partial charge in [0, 0.05) is 30.5 Å². The maximum atomic E-state index is 13.2. The number of halogens is 2. The van der Waals surface area contributed by atoms with Gasteiger partial charge in [-0.3, -0.25) is 14.7 Å². The standard InChI is InChI=1S/C21H25ClFN5O/c22-17-11-16(1-2-18(17)23)21(29)25-13-14-5-9-28(10-6-14)20-12-19(26-27-20)15-3-7-24-8-4-15/h1-4,7-8,11,14,19-20,26-27H,5-6,9-10,12-13H2,(H,25,29). The molecule has 154 valence electrons. The summed E-state index contributed by atoms with van der Waals surface area (Å²) >= 11 is 5.76. The van der Waals surface area contributed by atoms with E-state index in [0.717, 1.165) is 32.4 Å². The topological polar surface area (TPSA) is 69.3 Å². The van der Waals surface area contributed by atoms with E-state index in [9.17, 15) is 9.18 Å². The monoisotopic (exact) mass is 417 g/mol. The van der Waals surface area contributed by atoms with Crippen molar-refractivity contribution in [2.75, 3.05) is 19.6 Å². The van der Waals surface area contributed by atoms with Crippen molar-refractivity contribution in [3.8, 4) is 0 Å². The zero-order valence-electron chi connectivity index (χ0n) is 16.1. The van der Waals surface area contributed by atoms with E-state index in [1.54, 1.807) is 0 Å². The van der Waals surface area contributed by atoms with E-state index in [2.05, 4.69) is 26.1 Å². The maximum Gasteiger partial charge on any atom is 0.251 e. The lowest BCUT2D eigenvalue weighted by Crippen LogP contribution is -2.49. The molecule has 2 saturated heterocycles. The number of rotatable bonds is 5. The molecule has 2 atom stereocenters. The molecule has 2 aliphatic heterocycles. The van der Waals surface area contributed by atoms with Gasteiger partial charge in [-0.1, -0.05) is 11.6 Å². The van der Waals surface area contributed by atoms with Crippen molar-refractivity contribution >= 4 is 17.5 Å². The van der Waals surface area contributed by atoms with Crippen LogP contribution in [0, 0.1) is 11.7 Å². The van der Waals surface area contributed by atoms with Gasteiger partial charge in [0.2, 0.25) is 0 Å². The smallest absolute Gasteiger partial charge is 0.251 e. The van der Waals surface area contributed by atoms with Crippen molar-refractivity contribution < 1.29 is 9.18 Å². The number of nitrogens with one attached hydrogen (secondary N) is 3. The summed E-state index contributed by atoms with van der Waals surface area (Å²) in [5.41, 5.74) is 8.43.